The number of nitrogens with one attached hydrogen (secondary N) is 2. The summed E-state index contributed by atoms with van der Waals surface area (Å²) < 4.78 is 21.8. The summed E-state index contributed by atoms with van der Waals surface area (Å²) in [4.78, 5) is 20.2. The summed E-state index contributed by atoms with van der Waals surface area (Å²) in [7, 11) is 0. The van der Waals surface area contributed by atoms with Gasteiger partial charge < -0.3 is 15.4 Å². The highest BCUT2D eigenvalue weighted by molar-refractivity contribution is 5.83. The first kappa shape index (κ1) is 20.2. The Morgan fingerprint density at radius 2 is 2.09 bits per heavy atom. The lowest BCUT2D eigenvalue weighted by Gasteiger charge is -2.27. The van der Waals surface area contributed by atoms with Crippen molar-refractivity contribution in [1.29, 1.82) is 5.26 Å². The first-order valence-corrected chi connectivity index (χ1v) is 11.0. The second kappa shape index (κ2) is 7.85. The number of halogens is 1. The summed E-state index contributed by atoms with van der Waals surface area (Å²) >= 11 is 0. The average molecular weight is 454 g/mol. The summed E-state index contributed by atoms with van der Waals surface area (Å²) in [6.45, 7) is 0.767. The lowest BCUT2D eigenvalue weighted by molar-refractivity contribution is -0.128. The van der Waals surface area contributed by atoms with Crippen molar-refractivity contribution in [2.75, 3.05) is 11.9 Å². The number of carbonyl (C=O) groups is 1. The molecule has 2 N–H and O–H groups in total. The molecule has 0 aliphatic carbocycles. The fourth-order valence-corrected chi connectivity index (χ4v) is 4.49. The highest BCUT2D eigenvalue weighted by Crippen LogP contribution is 2.32. The van der Waals surface area contributed by atoms with Crippen molar-refractivity contribution in [1.82, 2.24) is 19.7 Å². The van der Waals surface area contributed by atoms with Gasteiger partial charge in [0.05, 0.1) is 25.3 Å². The normalized spacial score (nSPS) is 16.4. The Hall–Kier alpha value is -4.45. The number of hydrogen-bond donors (Lipinski definition) is 2. The molecule has 0 bridgehead atoms. The highest BCUT2D eigenvalue weighted by atomic mass is 19.1. The van der Waals surface area contributed by atoms with Crippen LogP contribution in [0.2, 0.25) is 0 Å². The number of carbonyl (C=O) groups excluding carboxylic acids is 1. The van der Waals surface area contributed by atoms with Crippen LogP contribution in [0.4, 0.5) is 10.3 Å². The van der Waals surface area contributed by atoms with E-state index in [1.165, 1.54) is 6.07 Å². The van der Waals surface area contributed by atoms with Crippen LogP contribution >= 0.6 is 0 Å². The summed E-state index contributed by atoms with van der Waals surface area (Å²) in [5.74, 6) is 0.927. The van der Waals surface area contributed by atoms with Crippen molar-refractivity contribution in [2.45, 2.75) is 25.4 Å². The van der Waals surface area contributed by atoms with Gasteiger partial charge in [-0.05, 0) is 23.3 Å². The molecule has 2 aliphatic rings. The van der Waals surface area contributed by atoms with Gasteiger partial charge in [-0.1, -0.05) is 24.3 Å². The zero-order chi connectivity index (χ0) is 23.2. The SMILES string of the molecule is N#Cc1cn2c(NCc3c(F)ccc4c3CCO4)ncc(-c3ccc(C4CC(=O)N4)cc3)c2n1. The van der Waals surface area contributed by atoms with Gasteiger partial charge in [0.15, 0.2) is 11.3 Å². The molecule has 2 aromatic carbocycles. The van der Waals surface area contributed by atoms with Crippen LogP contribution in [0, 0.1) is 17.1 Å². The van der Waals surface area contributed by atoms with Crippen LogP contribution < -0.4 is 15.4 Å². The van der Waals surface area contributed by atoms with E-state index in [0.717, 1.165) is 22.3 Å². The van der Waals surface area contributed by atoms with Crippen molar-refractivity contribution < 1.29 is 13.9 Å². The number of nitriles is 1. The van der Waals surface area contributed by atoms with Crippen molar-refractivity contribution in [3.8, 4) is 22.9 Å². The predicted molar refractivity (Wildman–Crippen MR) is 122 cm³/mol. The monoisotopic (exact) mass is 454 g/mol. The van der Waals surface area contributed by atoms with Crippen molar-refractivity contribution in [3.05, 3.63) is 77.0 Å². The van der Waals surface area contributed by atoms with Crippen LogP contribution in [-0.4, -0.2) is 26.9 Å². The van der Waals surface area contributed by atoms with Gasteiger partial charge in [0, 0.05) is 35.9 Å². The number of imidazole rings is 1. The number of fused-ring (bicyclic) bond motifs is 2. The summed E-state index contributed by atoms with van der Waals surface area (Å²) in [6, 6.07) is 13.0. The van der Waals surface area contributed by atoms with Gasteiger partial charge >= 0.3 is 0 Å². The Morgan fingerprint density at radius 1 is 1.26 bits per heavy atom. The number of nitrogens with zero attached hydrogens (tertiary/aromatic N) is 4. The third-order valence-corrected chi connectivity index (χ3v) is 6.32. The third-order valence-electron chi connectivity index (χ3n) is 6.32. The number of hydrogen-bond acceptors (Lipinski definition) is 6. The zero-order valence-electron chi connectivity index (χ0n) is 18.0. The Kier molecular flexibility index (Phi) is 4.66. The Labute approximate surface area is 194 Å². The Morgan fingerprint density at radius 3 is 2.85 bits per heavy atom. The summed E-state index contributed by atoms with van der Waals surface area (Å²) in [5.41, 5.74) is 4.93. The molecule has 4 heterocycles. The molecule has 6 rings (SSSR count). The summed E-state index contributed by atoms with van der Waals surface area (Å²) in [5, 5.41) is 15.5. The highest BCUT2D eigenvalue weighted by Gasteiger charge is 2.26. The molecule has 2 aromatic heterocycles. The Balaban J connectivity index is 1.33. The third kappa shape index (κ3) is 3.31. The largest absolute Gasteiger partial charge is 0.493 e. The van der Waals surface area contributed by atoms with Gasteiger partial charge in [0.2, 0.25) is 11.9 Å². The van der Waals surface area contributed by atoms with Crippen LogP contribution in [0.1, 0.15) is 34.8 Å². The number of ether oxygens (including phenoxy) is 1. The average Bonchev–Trinajstić information content (AvgIpc) is 3.49. The molecule has 1 saturated heterocycles. The number of rotatable bonds is 5. The van der Waals surface area contributed by atoms with Gasteiger partial charge in [-0.25, -0.2) is 14.4 Å². The molecule has 1 unspecified atom stereocenters. The lowest BCUT2D eigenvalue weighted by Crippen LogP contribution is -2.41. The van der Waals surface area contributed by atoms with E-state index in [9.17, 15) is 14.4 Å². The van der Waals surface area contributed by atoms with Crippen molar-refractivity contribution in [3.63, 3.8) is 0 Å². The van der Waals surface area contributed by atoms with Gasteiger partial charge in [-0.2, -0.15) is 5.26 Å². The molecule has 1 amide bonds. The van der Waals surface area contributed by atoms with Crippen molar-refractivity contribution in [2.24, 2.45) is 0 Å². The van der Waals surface area contributed by atoms with E-state index in [1.807, 2.05) is 24.3 Å². The molecule has 34 heavy (non-hydrogen) atoms. The van der Waals surface area contributed by atoms with Gasteiger partial charge in [0.25, 0.3) is 0 Å². The fraction of sp³-hybridized carbons (Fsp3) is 0.200. The molecule has 0 radical (unpaired) electrons. The quantitative estimate of drug-likeness (QED) is 0.447. The first-order chi connectivity index (χ1) is 16.6. The minimum atomic E-state index is -0.296. The summed E-state index contributed by atoms with van der Waals surface area (Å²) in [6.07, 6.45) is 4.47. The number of benzene rings is 2. The molecule has 168 valence electrons. The molecule has 1 fully saturated rings. The molecule has 1 atom stereocenters. The molecule has 0 spiro atoms. The molecular weight excluding hydrogens is 435 g/mol. The number of aromatic nitrogens is 3. The van der Waals surface area contributed by atoms with Crippen LogP contribution in [0.5, 0.6) is 5.75 Å². The predicted octanol–water partition coefficient (Wildman–Crippen LogP) is 3.52. The lowest BCUT2D eigenvalue weighted by atomic mass is 9.95. The molecule has 9 heteroatoms. The van der Waals surface area contributed by atoms with Gasteiger partial charge in [0.1, 0.15) is 17.6 Å². The smallest absolute Gasteiger partial charge is 0.222 e. The Bertz CT molecular complexity index is 1480. The van der Waals surface area contributed by atoms with Crippen LogP contribution in [0.25, 0.3) is 16.8 Å². The fourth-order valence-electron chi connectivity index (χ4n) is 4.49. The molecule has 2 aliphatic heterocycles. The van der Waals surface area contributed by atoms with Gasteiger partial charge in [-0.15, -0.1) is 0 Å². The van der Waals surface area contributed by atoms with Crippen LogP contribution in [-0.2, 0) is 17.8 Å². The van der Waals surface area contributed by atoms with E-state index in [4.69, 9.17) is 4.74 Å². The van der Waals surface area contributed by atoms with Crippen molar-refractivity contribution >= 4 is 17.5 Å². The number of anilines is 1. The minimum absolute atomic E-state index is 0.0492. The molecule has 8 nitrogen and oxygen atoms in total. The second-order valence-electron chi connectivity index (χ2n) is 8.33. The number of β-lactam (4-membered cyclic amide) rings is 1. The van der Waals surface area contributed by atoms with E-state index in [1.54, 1.807) is 22.9 Å². The van der Waals surface area contributed by atoms with E-state index in [2.05, 4.69) is 26.7 Å². The van der Waals surface area contributed by atoms with Crippen LogP contribution in [0.15, 0.2) is 48.8 Å². The first-order valence-electron chi connectivity index (χ1n) is 11.0. The van der Waals surface area contributed by atoms with E-state index in [0.29, 0.717) is 42.4 Å². The molecule has 0 saturated carbocycles. The zero-order valence-corrected chi connectivity index (χ0v) is 18.0. The minimum Gasteiger partial charge on any atom is -0.493 e. The maximum Gasteiger partial charge on any atom is 0.222 e. The molecule has 4 aromatic rings. The number of amides is 1. The topological polar surface area (TPSA) is 104 Å². The second-order valence-corrected chi connectivity index (χ2v) is 8.33. The van der Waals surface area contributed by atoms with E-state index >= 15 is 0 Å². The molecular formula is C25H19FN6O2. The van der Waals surface area contributed by atoms with Crippen LogP contribution in [0.3, 0.4) is 0 Å². The maximum atomic E-state index is 14.5. The van der Waals surface area contributed by atoms with E-state index < -0.39 is 0 Å². The standard InChI is InChI=1S/C25H19FN6O2/c26-20-5-6-22-17(7-8-34-22)19(20)12-29-25-28-11-18(24-30-16(10-27)13-32(24)25)14-1-3-15(4-2-14)21-9-23(33)31-21/h1-6,11,13,21H,7-9,12H2,(H,28,29)(H,31,33). The maximum absolute atomic E-state index is 14.5. The van der Waals surface area contributed by atoms with Gasteiger partial charge in [-0.3, -0.25) is 9.20 Å². The van der Waals surface area contributed by atoms with E-state index in [-0.39, 0.29) is 30.0 Å².